The molecule has 0 aromatic carbocycles. The van der Waals surface area contributed by atoms with E-state index in [-0.39, 0.29) is 0 Å². The van der Waals surface area contributed by atoms with Gasteiger partial charge in [0.05, 0.1) is 10.2 Å². The van der Waals surface area contributed by atoms with Crippen molar-refractivity contribution in [2.24, 2.45) is 0 Å². The monoisotopic (exact) mass is 214 g/mol. The first-order valence-electron chi connectivity index (χ1n) is 2.94. The van der Waals surface area contributed by atoms with Crippen molar-refractivity contribution >= 4 is 27.3 Å². The fraction of sp³-hybridized carbons (Fsp3) is 0.250. The van der Waals surface area contributed by atoms with Crippen molar-refractivity contribution in [3.05, 3.63) is 21.9 Å². The Balaban J connectivity index is 2.76. The van der Waals surface area contributed by atoms with Gasteiger partial charge in [-0.25, -0.2) is 0 Å². The van der Waals surface area contributed by atoms with E-state index in [0.717, 1.165) is 10.2 Å². The number of halogens is 1. The topological polar surface area (TPSA) is 0 Å². The zero-order valence-electron chi connectivity index (χ0n) is 5.65. The van der Waals surface area contributed by atoms with Gasteiger partial charge in [-0.1, -0.05) is 27.8 Å². The van der Waals surface area contributed by atoms with Crippen LogP contribution in [0.2, 0.25) is 0 Å². The molecular weight excluding hydrogens is 208 g/mol. The molecule has 1 heterocycles. The van der Waals surface area contributed by atoms with Crippen molar-refractivity contribution in [3.63, 3.8) is 0 Å². The summed E-state index contributed by atoms with van der Waals surface area (Å²) in [5, 5.41) is 0.754. The van der Waals surface area contributed by atoms with Gasteiger partial charge in [0.15, 0.2) is 0 Å². The average Bonchev–Trinajstić information content (AvgIpc) is 2.31. The van der Waals surface area contributed by atoms with Crippen LogP contribution in [0.15, 0.2) is 12.1 Å². The summed E-state index contributed by atoms with van der Waals surface area (Å²) in [6, 6.07) is 4.14. The molecule has 10 heavy (non-hydrogen) atoms. The van der Waals surface area contributed by atoms with Crippen molar-refractivity contribution in [2.45, 2.75) is 6.92 Å². The van der Waals surface area contributed by atoms with Gasteiger partial charge >= 0.3 is 0 Å². The van der Waals surface area contributed by atoms with Crippen molar-refractivity contribution in [2.75, 3.05) is 5.33 Å². The van der Waals surface area contributed by atoms with Gasteiger partial charge < -0.3 is 0 Å². The van der Waals surface area contributed by atoms with E-state index in [1.54, 1.807) is 11.3 Å². The summed E-state index contributed by atoms with van der Waals surface area (Å²) in [4.78, 5) is 2.47. The first-order valence-corrected chi connectivity index (χ1v) is 4.88. The van der Waals surface area contributed by atoms with E-state index in [9.17, 15) is 0 Å². The van der Waals surface area contributed by atoms with E-state index in [2.05, 4.69) is 46.8 Å². The van der Waals surface area contributed by atoms with Crippen LogP contribution in [-0.2, 0) is 0 Å². The lowest BCUT2D eigenvalue weighted by Crippen LogP contribution is -1.61. The van der Waals surface area contributed by atoms with Gasteiger partial charge in [0.25, 0.3) is 0 Å². The SMILES string of the molecule is Cc1ccc(C#CCBr)s1. The zero-order valence-corrected chi connectivity index (χ0v) is 8.05. The lowest BCUT2D eigenvalue weighted by atomic mass is 10.4. The molecule has 0 aliphatic heterocycles. The van der Waals surface area contributed by atoms with Crippen molar-refractivity contribution in [1.29, 1.82) is 0 Å². The third-order valence-electron chi connectivity index (χ3n) is 1.02. The summed E-state index contributed by atoms with van der Waals surface area (Å²) < 4.78 is 0. The minimum Gasteiger partial charge on any atom is -0.132 e. The normalized spacial score (nSPS) is 8.60. The van der Waals surface area contributed by atoms with Crippen LogP contribution in [0.25, 0.3) is 0 Å². The summed E-state index contributed by atoms with van der Waals surface area (Å²) in [5.41, 5.74) is 0. The van der Waals surface area contributed by atoms with E-state index < -0.39 is 0 Å². The Morgan fingerprint density at radius 2 is 2.40 bits per heavy atom. The first-order chi connectivity index (χ1) is 4.83. The number of alkyl halides is 1. The second kappa shape index (κ2) is 3.80. The highest BCUT2D eigenvalue weighted by Gasteiger charge is 1.88. The molecule has 0 aliphatic carbocycles. The smallest absolute Gasteiger partial charge is 0.0771 e. The largest absolute Gasteiger partial charge is 0.132 e. The Hall–Kier alpha value is -0.260. The molecule has 0 unspecified atom stereocenters. The number of hydrogen-bond acceptors (Lipinski definition) is 1. The number of hydrogen-bond donors (Lipinski definition) is 0. The molecule has 0 atom stereocenters. The van der Waals surface area contributed by atoms with Crippen LogP contribution in [0, 0.1) is 18.8 Å². The van der Waals surface area contributed by atoms with Crippen LogP contribution in [-0.4, -0.2) is 5.33 Å². The number of aryl methyl sites for hydroxylation is 1. The lowest BCUT2D eigenvalue weighted by Gasteiger charge is -1.74. The van der Waals surface area contributed by atoms with Crippen molar-refractivity contribution in [3.8, 4) is 11.8 Å². The van der Waals surface area contributed by atoms with Crippen LogP contribution < -0.4 is 0 Å². The number of rotatable bonds is 0. The highest BCUT2D eigenvalue weighted by molar-refractivity contribution is 9.09. The fourth-order valence-corrected chi connectivity index (χ4v) is 1.50. The maximum Gasteiger partial charge on any atom is 0.0771 e. The Bertz CT molecular complexity index is 264. The van der Waals surface area contributed by atoms with E-state index in [0.29, 0.717) is 0 Å². The summed E-state index contributed by atoms with van der Waals surface area (Å²) in [7, 11) is 0. The van der Waals surface area contributed by atoms with Crippen LogP contribution in [0.5, 0.6) is 0 Å². The molecule has 0 saturated carbocycles. The average molecular weight is 215 g/mol. The molecule has 0 aliphatic rings. The Kier molecular flexibility index (Phi) is 2.98. The second-order valence-corrected chi connectivity index (χ2v) is 3.69. The van der Waals surface area contributed by atoms with Crippen LogP contribution in [0.3, 0.4) is 0 Å². The van der Waals surface area contributed by atoms with E-state index in [4.69, 9.17) is 0 Å². The molecular formula is C8H7BrS. The zero-order chi connectivity index (χ0) is 7.40. The maximum absolute atomic E-state index is 3.24. The van der Waals surface area contributed by atoms with Gasteiger partial charge in [0, 0.05) is 4.88 Å². The van der Waals surface area contributed by atoms with Crippen LogP contribution in [0.4, 0.5) is 0 Å². The summed E-state index contributed by atoms with van der Waals surface area (Å²) in [6.07, 6.45) is 0. The van der Waals surface area contributed by atoms with Crippen LogP contribution >= 0.6 is 27.3 Å². The summed E-state index contributed by atoms with van der Waals surface area (Å²) >= 11 is 4.98. The first kappa shape index (κ1) is 7.84. The molecule has 2 heteroatoms. The van der Waals surface area contributed by atoms with Gasteiger partial charge in [-0.2, -0.15) is 0 Å². The fourth-order valence-electron chi connectivity index (χ4n) is 0.622. The molecule has 52 valence electrons. The van der Waals surface area contributed by atoms with E-state index >= 15 is 0 Å². The molecule has 0 radical (unpaired) electrons. The lowest BCUT2D eigenvalue weighted by molar-refractivity contribution is 1.64. The van der Waals surface area contributed by atoms with E-state index in [1.807, 2.05) is 0 Å². The summed E-state index contributed by atoms with van der Waals surface area (Å²) in [5.74, 6) is 5.99. The Morgan fingerprint density at radius 3 is 2.90 bits per heavy atom. The predicted molar refractivity (Wildman–Crippen MR) is 49.7 cm³/mol. The van der Waals surface area contributed by atoms with E-state index in [1.165, 1.54) is 4.88 Å². The minimum absolute atomic E-state index is 0.754. The minimum atomic E-state index is 0.754. The molecule has 0 bridgehead atoms. The van der Waals surface area contributed by atoms with Gasteiger partial charge in [-0.3, -0.25) is 0 Å². The summed E-state index contributed by atoms with van der Waals surface area (Å²) in [6.45, 7) is 2.09. The number of thiophene rings is 1. The van der Waals surface area contributed by atoms with Crippen LogP contribution in [0.1, 0.15) is 9.75 Å². The van der Waals surface area contributed by atoms with Crippen molar-refractivity contribution in [1.82, 2.24) is 0 Å². The molecule has 0 N–H and O–H groups in total. The molecule has 1 aromatic rings. The highest BCUT2D eigenvalue weighted by atomic mass is 79.9. The molecule has 1 rings (SSSR count). The Morgan fingerprint density at radius 1 is 1.60 bits per heavy atom. The molecule has 1 aromatic heterocycles. The second-order valence-electron chi connectivity index (χ2n) is 1.85. The van der Waals surface area contributed by atoms with Gasteiger partial charge in [0.2, 0.25) is 0 Å². The van der Waals surface area contributed by atoms with Gasteiger partial charge in [-0.05, 0) is 19.1 Å². The van der Waals surface area contributed by atoms with Gasteiger partial charge in [-0.15, -0.1) is 11.3 Å². The maximum atomic E-state index is 3.24. The third kappa shape index (κ3) is 2.17. The Labute approximate surface area is 73.4 Å². The quantitative estimate of drug-likeness (QED) is 0.461. The standard InChI is InChI=1S/C8H7BrS/c1-7-4-5-8(10-7)3-2-6-9/h4-5H,6H2,1H3. The third-order valence-corrected chi connectivity index (χ3v) is 2.22. The van der Waals surface area contributed by atoms with Crippen molar-refractivity contribution < 1.29 is 0 Å². The van der Waals surface area contributed by atoms with Gasteiger partial charge in [0.1, 0.15) is 0 Å². The molecule has 0 spiro atoms. The predicted octanol–water partition coefficient (Wildman–Crippen LogP) is 2.80. The molecule has 0 nitrogen and oxygen atoms in total. The molecule has 0 amide bonds. The highest BCUT2D eigenvalue weighted by Crippen LogP contribution is 2.12. The molecule has 0 fully saturated rings. The molecule has 0 saturated heterocycles.